The minimum Gasteiger partial charge on any atom is -0.491 e. The van der Waals surface area contributed by atoms with Crippen LogP contribution in [0.3, 0.4) is 0 Å². The maximum absolute atomic E-state index is 11.3. The monoisotopic (exact) mass is 287 g/mol. The molecule has 3 nitrogen and oxygen atoms in total. The second-order valence-corrected chi connectivity index (χ2v) is 5.08. The maximum Gasteiger partial charge on any atom is 0.152 e. The number of hydrogen-bond donors (Lipinski definition) is 0. The lowest BCUT2D eigenvalue weighted by Gasteiger charge is -2.25. The van der Waals surface area contributed by atoms with Crippen molar-refractivity contribution in [1.29, 1.82) is 0 Å². The quantitative estimate of drug-likeness (QED) is 0.780. The fourth-order valence-corrected chi connectivity index (χ4v) is 2.62. The zero-order valence-electron chi connectivity index (χ0n) is 10.9. The number of carbonyl (C=O) groups excluding carboxylic acids is 1. The molecule has 0 aromatic heterocycles. The van der Waals surface area contributed by atoms with Gasteiger partial charge in [0.25, 0.3) is 0 Å². The molecule has 0 fully saturated rings. The number of nitrogens with zero attached hydrogens (tertiary/aromatic N) is 1. The molecule has 0 aliphatic carbocycles. The number of carbonyl (C=O) groups is 1. The Morgan fingerprint density at radius 1 is 1.15 bits per heavy atom. The van der Waals surface area contributed by atoms with E-state index < -0.39 is 0 Å². The summed E-state index contributed by atoms with van der Waals surface area (Å²) in [6, 6.07) is 13.3. The third-order valence-corrected chi connectivity index (χ3v) is 3.58. The van der Waals surface area contributed by atoms with Crippen molar-refractivity contribution >= 4 is 29.3 Å². The van der Waals surface area contributed by atoms with Crippen LogP contribution in [-0.4, -0.2) is 19.4 Å². The molecule has 0 atom stereocenters. The van der Waals surface area contributed by atoms with Gasteiger partial charge >= 0.3 is 0 Å². The third kappa shape index (κ3) is 2.37. The van der Waals surface area contributed by atoms with E-state index in [9.17, 15) is 4.79 Å². The number of para-hydroxylation sites is 2. The van der Waals surface area contributed by atoms with E-state index in [0.717, 1.165) is 36.4 Å². The van der Waals surface area contributed by atoms with E-state index in [4.69, 9.17) is 16.3 Å². The van der Waals surface area contributed by atoms with Crippen LogP contribution in [0.1, 0.15) is 16.8 Å². The molecule has 20 heavy (non-hydrogen) atoms. The molecule has 1 aliphatic rings. The highest BCUT2D eigenvalue weighted by molar-refractivity contribution is 6.31. The van der Waals surface area contributed by atoms with Crippen LogP contribution in [0.15, 0.2) is 42.5 Å². The molecule has 2 aromatic carbocycles. The Bertz CT molecular complexity index is 642. The van der Waals surface area contributed by atoms with Crippen LogP contribution < -0.4 is 9.64 Å². The summed E-state index contributed by atoms with van der Waals surface area (Å²) in [6.07, 6.45) is 1.74. The van der Waals surface area contributed by atoms with E-state index in [-0.39, 0.29) is 0 Å². The summed E-state index contributed by atoms with van der Waals surface area (Å²) < 4.78 is 5.74. The van der Waals surface area contributed by atoms with E-state index >= 15 is 0 Å². The van der Waals surface area contributed by atoms with Crippen LogP contribution >= 0.6 is 11.6 Å². The van der Waals surface area contributed by atoms with Gasteiger partial charge in [-0.15, -0.1) is 0 Å². The van der Waals surface area contributed by atoms with Crippen molar-refractivity contribution < 1.29 is 9.53 Å². The zero-order chi connectivity index (χ0) is 13.9. The van der Waals surface area contributed by atoms with Crippen molar-refractivity contribution in [2.24, 2.45) is 0 Å². The highest BCUT2D eigenvalue weighted by atomic mass is 35.5. The number of ether oxygens (including phenoxy) is 1. The topological polar surface area (TPSA) is 29.5 Å². The highest BCUT2D eigenvalue weighted by Crippen LogP contribution is 2.37. The Morgan fingerprint density at radius 3 is 2.85 bits per heavy atom. The molecule has 4 heteroatoms. The second-order valence-electron chi connectivity index (χ2n) is 4.64. The Hall–Kier alpha value is -2.00. The van der Waals surface area contributed by atoms with Gasteiger partial charge in [0, 0.05) is 17.1 Å². The first-order chi connectivity index (χ1) is 9.79. The summed E-state index contributed by atoms with van der Waals surface area (Å²) in [5, 5.41) is 0.565. The molecule has 2 aromatic rings. The molecule has 0 bridgehead atoms. The van der Waals surface area contributed by atoms with Crippen LogP contribution in [0.25, 0.3) is 0 Å². The standard InChI is InChI=1S/C16H14ClNO2/c17-13-6-7-14(12(10-13)11-19)18-8-3-9-20-16-5-2-1-4-15(16)18/h1-2,4-7,10-11H,3,8-9H2. The van der Waals surface area contributed by atoms with E-state index in [1.807, 2.05) is 30.3 Å². The normalized spacial score (nSPS) is 14.2. The van der Waals surface area contributed by atoms with E-state index in [1.165, 1.54) is 0 Å². The smallest absolute Gasteiger partial charge is 0.152 e. The number of rotatable bonds is 2. The number of anilines is 2. The number of aldehydes is 1. The first-order valence-electron chi connectivity index (χ1n) is 6.53. The van der Waals surface area contributed by atoms with Crippen molar-refractivity contribution in [2.75, 3.05) is 18.1 Å². The summed E-state index contributed by atoms with van der Waals surface area (Å²) in [4.78, 5) is 13.4. The van der Waals surface area contributed by atoms with E-state index in [2.05, 4.69) is 4.90 Å². The van der Waals surface area contributed by atoms with E-state index in [0.29, 0.717) is 17.2 Å². The molecule has 1 aliphatic heterocycles. The molecule has 0 radical (unpaired) electrons. The molecule has 102 valence electrons. The third-order valence-electron chi connectivity index (χ3n) is 3.35. The van der Waals surface area contributed by atoms with Crippen molar-refractivity contribution in [3.8, 4) is 5.75 Å². The molecule has 0 spiro atoms. The van der Waals surface area contributed by atoms with Gasteiger partial charge in [-0.05, 0) is 36.8 Å². The summed E-state index contributed by atoms with van der Waals surface area (Å²) in [5.74, 6) is 0.844. The summed E-state index contributed by atoms with van der Waals surface area (Å²) in [5.41, 5.74) is 2.44. The van der Waals surface area contributed by atoms with Crippen molar-refractivity contribution in [1.82, 2.24) is 0 Å². The lowest BCUT2D eigenvalue weighted by Crippen LogP contribution is -2.19. The molecule has 0 unspecified atom stereocenters. The fraction of sp³-hybridized carbons (Fsp3) is 0.188. The molecular weight excluding hydrogens is 274 g/mol. The van der Waals surface area contributed by atoms with Crippen LogP contribution in [0.5, 0.6) is 5.75 Å². The minimum absolute atomic E-state index is 0.565. The highest BCUT2D eigenvalue weighted by Gasteiger charge is 2.19. The number of fused-ring (bicyclic) bond motifs is 1. The lowest BCUT2D eigenvalue weighted by atomic mass is 10.1. The van der Waals surface area contributed by atoms with Crippen molar-refractivity contribution in [2.45, 2.75) is 6.42 Å². The Kier molecular flexibility index (Phi) is 3.61. The van der Waals surface area contributed by atoms with Gasteiger partial charge in [0.1, 0.15) is 5.75 Å². The Balaban J connectivity index is 2.12. The molecule has 1 heterocycles. The summed E-state index contributed by atoms with van der Waals surface area (Å²) >= 11 is 5.96. The van der Waals surface area contributed by atoms with Gasteiger partial charge in [0.2, 0.25) is 0 Å². The average molecular weight is 288 g/mol. The van der Waals surface area contributed by atoms with Gasteiger partial charge in [-0.1, -0.05) is 23.7 Å². The Labute approximate surface area is 122 Å². The molecule has 0 saturated carbocycles. The van der Waals surface area contributed by atoms with E-state index in [1.54, 1.807) is 12.1 Å². The molecule has 0 N–H and O–H groups in total. The van der Waals surface area contributed by atoms with Gasteiger partial charge < -0.3 is 9.64 Å². The van der Waals surface area contributed by atoms with Gasteiger partial charge in [-0.2, -0.15) is 0 Å². The molecule has 0 saturated heterocycles. The first-order valence-corrected chi connectivity index (χ1v) is 6.91. The number of hydrogen-bond acceptors (Lipinski definition) is 3. The van der Waals surface area contributed by atoms with Crippen molar-refractivity contribution in [3.05, 3.63) is 53.1 Å². The molecule has 0 amide bonds. The van der Waals surface area contributed by atoms with Crippen LogP contribution in [0.2, 0.25) is 5.02 Å². The minimum atomic E-state index is 0.565. The Morgan fingerprint density at radius 2 is 2.00 bits per heavy atom. The van der Waals surface area contributed by atoms with Crippen LogP contribution in [0, 0.1) is 0 Å². The van der Waals surface area contributed by atoms with Gasteiger partial charge in [0.15, 0.2) is 6.29 Å². The van der Waals surface area contributed by atoms with Crippen LogP contribution in [-0.2, 0) is 0 Å². The second kappa shape index (κ2) is 5.55. The number of halogens is 1. The lowest BCUT2D eigenvalue weighted by molar-refractivity contribution is 0.112. The summed E-state index contributed by atoms with van der Waals surface area (Å²) in [6.45, 7) is 1.48. The number of benzene rings is 2. The van der Waals surface area contributed by atoms with Crippen LogP contribution in [0.4, 0.5) is 11.4 Å². The zero-order valence-corrected chi connectivity index (χ0v) is 11.6. The predicted octanol–water partition coefficient (Wildman–Crippen LogP) is 4.07. The van der Waals surface area contributed by atoms with Crippen molar-refractivity contribution in [3.63, 3.8) is 0 Å². The first kappa shape index (κ1) is 13.0. The van der Waals surface area contributed by atoms with Gasteiger partial charge in [-0.3, -0.25) is 4.79 Å². The average Bonchev–Trinajstić information content (AvgIpc) is 2.69. The maximum atomic E-state index is 11.3. The fourth-order valence-electron chi connectivity index (χ4n) is 2.44. The molecule has 3 rings (SSSR count). The molecular formula is C16H14ClNO2. The van der Waals surface area contributed by atoms with Gasteiger partial charge in [-0.25, -0.2) is 0 Å². The largest absolute Gasteiger partial charge is 0.491 e. The summed E-state index contributed by atoms with van der Waals surface area (Å²) in [7, 11) is 0. The van der Waals surface area contributed by atoms with Gasteiger partial charge in [0.05, 0.1) is 18.0 Å². The predicted molar refractivity (Wildman–Crippen MR) is 80.4 cm³/mol. The SMILES string of the molecule is O=Cc1cc(Cl)ccc1N1CCCOc2ccccc21.